The quantitative estimate of drug-likeness (QED) is 0.405. The number of hydrogen-bond acceptors (Lipinski definition) is 5. The molecule has 0 unspecified atom stereocenters. The molecule has 194 valence electrons. The number of amides is 4. The van der Waals surface area contributed by atoms with Gasteiger partial charge < -0.3 is 10.2 Å². The number of rotatable bonds is 5. The third-order valence-corrected chi connectivity index (χ3v) is 7.32. The number of nitrogens with one attached hydrogen (secondary N) is 1. The average molecular weight is 519 g/mol. The molecule has 0 spiro atoms. The van der Waals surface area contributed by atoms with Crippen LogP contribution in [-0.4, -0.2) is 51.5 Å². The third-order valence-electron chi connectivity index (χ3n) is 7.32. The van der Waals surface area contributed by atoms with Crippen molar-refractivity contribution in [3.8, 4) is 0 Å². The summed E-state index contributed by atoms with van der Waals surface area (Å²) >= 11 is 0. The van der Waals surface area contributed by atoms with E-state index in [1.54, 1.807) is 47.5 Å². The van der Waals surface area contributed by atoms with E-state index < -0.39 is 0 Å². The molecule has 2 aromatic carbocycles. The van der Waals surface area contributed by atoms with E-state index in [1.165, 1.54) is 4.90 Å². The van der Waals surface area contributed by atoms with Gasteiger partial charge >= 0.3 is 0 Å². The Morgan fingerprint density at radius 2 is 1.74 bits per heavy atom. The van der Waals surface area contributed by atoms with E-state index in [0.29, 0.717) is 49.3 Å². The maximum Gasteiger partial charge on any atom is 0.261 e. The van der Waals surface area contributed by atoms with Crippen LogP contribution in [0.2, 0.25) is 0 Å². The second kappa shape index (κ2) is 10.1. The molecule has 0 radical (unpaired) electrons. The van der Waals surface area contributed by atoms with Gasteiger partial charge in [-0.15, -0.1) is 0 Å². The van der Waals surface area contributed by atoms with Crippen molar-refractivity contribution in [3.05, 3.63) is 106 Å². The first-order valence-electron chi connectivity index (χ1n) is 13.0. The fraction of sp³-hybridized carbons (Fsp3) is 0.194. The Hall–Kier alpha value is -4.85. The van der Waals surface area contributed by atoms with Crippen molar-refractivity contribution < 1.29 is 19.2 Å². The normalized spacial score (nSPS) is 16.7. The van der Waals surface area contributed by atoms with Crippen molar-refractivity contribution in [3.63, 3.8) is 0 Å². The molecular formula is C31H26N4O4. The summed E-state index contributed by atoms with van der Waals surface area (Å²) in [5.74, 6) is -0.0385. The van der Waals surface area contributed by atoms with Gasteiger partial charge in [0.2, 0.25) is 11.8 Å². The Labute approximate surface area is 225 Å². The van der Waals surface area contributed by atoms with Gasteiger partial charge in [0, 0.05) is 31.8 Å². The summed E-state index contributed by atoms with van der Waals surface area (Å²) in [5, 5.41) is 2.76. The number of benzene rings is 2. The lowest BCUT2D eigenvalue weighted by Gasteiger charge is -2.26. The monoisotopic (exact) mass is 518 g/mol. The first-order valence-corrected chi connectivity index (χ1v) is 13.0. The van der Waals surface area contributed by atoms with Crippen LogP contribution in [0.4, 0.5) is 5.82 Å². The molecule has 4 amide bonds. The van der Waals surface area contributed by atoms with Crippen LogP contribution in [0.1, 0.15) is 55.8 Å². The van der Waals surface area contributed by atoms with Crippen molar-refractivity contribution >= 4 is 41.1 Å². The van der Waals surface area contributed by atoms with Gasteiger partial charge in [0.1, 0.15) is 5.82 Å². The summed E-state index contributed by atoms with van der Waals surface area (Å²) in [6.07, 6.45) is 8.81. The topological polar surface area (TPSA) is 99.7 Å². The van der Waals surface area contributed by atoms with Crippen LogP contribution in [0.3, 0.4) is 0 Å². The molecule has 8 nitrogen and oxygen atoms in total. The highest BCUT2D eigenvalue weighted by Crippen LogP contribution is 2.27. The lowest BCUT2D eigenvalue weighted by molar-refractivity contribution is -0.125. The van der Waals surface area contributed by atoms with E-state index in [1.807, 2.05) is 30.3 Å². The Morgan fingerprint density at radius 1 is 0.949 bits per heavy atom. The minimum absolute atomic E-state index is 0.0273. The molecule has 39 heavy (non-hydrogen) atoms. The fourth-order valence-electron chi connectivity index (χ4n) is 5.20. The van der Waals surface area contributed by atoms with Crippen molar-refractivity contribution in [1.82, 2.24) is 14.8 Å². The predicted octanol–water partition coefficient (Wildman–Crippen LogP) is 4.09. The number of fused-ring (bicyclic) bond motifs is 2. The van der Waals surface area contributed by atoms with E-state index in [-0.39, 0.29) is 30.2 Å². The highest BCUT2D eigenvalue weighted by molar-refractivity contribution is 6.21. The number of hydrogen-bond donors (Lipinski definition) is 1. The number of imide groups is 1. The van der Waals surface area contributed by atoms with Gasteiger partial charge in [-0.05, 0) is 71.0 Å². The zero-order valence-electron chi connectivity index (χ0n) is 21.2. The number of carbonyl (C=O) groups is 4. The fourth-order valence-corrected chi connectivity index (χ4v) is 5.20. The van der Waals surface area contributed by atoms with Crippen LogP contribution in [0.25, 0.3) is 11.6 Å². The summed E-state index contributed by atoms with van der Waals surface area (Å²) < 4.78 is 0. The highest BCUT2D eigenvalue weighted by Gasteiger charge is 2.35. The summed E-state index contributed by atoms with van der Waals surface area (Å²) in [6, 6.07) is 16.7. The molecule has 0 saturated heterocycles. The van der Waals surface area contributed by atoms with Crippen molar-refractivity contribution in [2.45, 2.75) is 25.8 Å². The van der Waals surface area contributed by atoms with Gasteiger partial charge in [-0.1, -0.05) is 36.4 Å². The van der Waals surface area contributed by atoms with Crippen LogP contribution < -0.4 is 5.32 Å². The molecule has 3 aliphatic heterocycles. The Kier molecular flexibility index (Phi) is 6.36. The van der Waals surface area contributed by atoms with E-state index in [9.17, 15) is 19.2 Å². The summed E-state index contributed by atoms with van der Waals surface area (Å²) in [6.45, 7) is 1.30. The molecule has 1 N–H and O–H groups in total. The molecule has 3 aromatic rings. The van der Waals surface area contributed by atoms with Crippen LogP contribution in [0.5, 0.6) is 0 Å². The molecule has 0 aliphatic carbocycles. The Morgan fingerprint density at radius 3 is 2.49 bits per heavy atom. The molecule has 0 bridgehead atoms. The SMILES string of the molecule is O=C1CCc2cc(/C=C/C(=O)N3CC=C(c4cccc(CN5C(=O)c6ccccc6C5=O)c4)CC3)cnc2N1. The number of anilines is 1. The second-order valence-corrected chi connectivity index (χ2v) is 9.86. The average Bonchev–Trinajstić information content (AvgIpc) is 3.21. The van der Waals surface area contributed by atoms with E-state index >= 15 is 0 Å². The van der Waals surface area contributed by atoms with Gasteiger partial charge in [0.25, 0.3) is 11.8 Å². The number of aryl methyl sites for hydroxylation is 1. The maximum atomic E-state index is 12.8. The number of nitrogens with zero attached hydrogens (tertiary/aromatic N) is 3. The number of aromatic nitrogens is 1. The first-order chi connectivity index (χ1) is 19.0. The first kappa shape index (κ1) is 24.5. The smallest absolute Gasteiger partial charge is 0.261 e. The zero-order valence-corrected chi connectivity index (χ0v) is 21.2. The lowest BCUT2D eigenvalue weighted by atomic mass is 9.97. The standard InChI is InChI=1S/C31H26N4O4/c36-27-10-9-24-16-20(18-32-29(24)33-27)8-11-28(37)34-14-12-22(13-15-34)23-5-3-4-21(17-23)19-35-30(38)25-6-1-2-7-26(25)31(35)39/h1-8,11-12,16-18H,9-10,13-15,19H2,(H,32,33,36)/b11-8+. The van der Waals surface area contributed by atoms with Gasteiger partial charge in [0.15, 0.2) is 0 Å². The molecule has 6 rings (SSSR count). The van der Waals surface area contributed by atoms with Gasteiger partial charge in [-0.25, -0.2) is 4.98 Å². The molecule has 0 fully saturated rings. The van der Waals surface area contributed by atoms with Crippen LogP contribution in [0, 0.1) is 0 Å². The molecule has 8 heteroatoms. The molecule has 1 aromatic heterocycles. The summed E-state index contributed by atoms with van der Waals surface area (Å²) in [4.78, 5) is 57.2. The van der Waals surface area contributed by atoms with E-state index in [2.05, 4.69) is 16.4 Å². The van der Waals surface area contributed by atoms with Crippen molar-refractivity contribution in [1.29, 1.82) is 0 Å². The maximum absolute atomic E-state index is 12.8. The third kappa shape index (κ3) is 4.88. The molecule has 4 heterocycles. The Bertz CT molecular complexity index is 1550. The minimum atomic E-state index is -0.266. The molecular weight excluding hydrogens is 492 g/mol. The van der Waals surface area contributed by atoms with Crippen LogP contribution in [0.15, 0.2) is 72.9 Å². The second-order valence-electron chi connectivity index (χ2n) is 9.86. The van der Waals surface area contributed by atoms with Crippen LogP contribution >= 0.6 is 0 Å². The van der Waals surface area contributed by atoms with Crippen molar-refractivity contribution in [2.75, 3.05) is 18.4 Å². The predicted molar refractivity (Wildman–Crippen MR) is 146 cm³/mol. The van der Waals surface area contributed by atoms with Gasteiger partial charge in [0.05, 0.1) is 17.7 Å². The largest absolute Gasteiger partial charge is 0.335 e. The number of carbonyl (C=O) groups excluding carboxylic acids is 4. The van der Waals surface area contributed by atoms with E-state index in [0.717, 1.165) is 27.8 Å². The summed E-state index contributed by atoms with van der Waals surface area (Å²) in [5.41, 5.74) is 5.73. The number of pyridine rings is 1. The minimum Gasteiger partial charge on any atom is -0.335 e. The summed E-state index contributed by atoms with van der Waals surface area (Å²) in [7, 11) is 0. The van der Waals surface area contributed by atoms with Gasteiger partial charge in [-0.3, -0.25) is 24.1 Å². The lowest BCUT2D eigenvalue weighted by Crippen LogP contribution is -2.33. The van der Waals surface area contributed by atoms with Crippen LogP contribution in [-0.2, 0) is 22.6 Å². The van der Waals surface area contributed by atoms with Crippen molar-refractivity contribution in [2.24, 2.45) is 0 Å². The molecule has 0 saturated carbocycles. The highest BCUT2D eigenvalue weighted by atomic mass is 16.2. The molecule has 0 atom stereocenters. The zero-order chi connectivity index (χ0) is 26.9. The van der Waals surface area contributed by atoms with Gasteiger partial charge in [-0.2, -0.15) is 0 Å². The Balaban J connectivity index is 1.09. The van der Waals surface area contributed by atoms with E-state index in [4.69, 9.17) is 0 Å². The molecule has 3 aliphatic rings.